The summed E-state index contributed by atoms with van der Waals surface area (Å²) in [6, 6.07) is 17.5. The highest BCUT2D eigenvalue weighted by Gasteiger charge is 2.20. The molecule has 13 heteroatoms. The number of pyridine rings is 2. The van der Waals surface area contributed by atoms with Crippen LogP contribution in [-0.4, -0.2) is 45.7 Å². The number of fused-ring (bicyclic) bond motifs is 1. The average Bonchev–Trinajstić information content (AvgIpc) is 3.36. The lowest BCUT2D eigenvalue weighted by Crippen LogP contribution is -2.37. The number of rotatable bonds is 10. The molecule has 0 fully saturated rings. The largest absolute Gasteiger partial charge is 0.485 e. The van der Waals surface area contributed by atoms with Gasteiger partial charge in [-0.2, -0.15) is 0 Å². The molecule has 0 bridgehead atoms. The van der Waals surface area contributed by atoms with Crippen LogP contribution in [0.5, 0.6) is 5.75 Å². The van der Waals surface area contributed by atoms with Crippen molar-refractivity contribution in [1.29, 1.82) is 0 Å². The van der Waals surface area contributed by atoms with Crippen molar-refractivity contribution in [1.82, 2.24) is 19.7 Å². The standard InChI is InChI=1S/C34H29BrCl2N6O4/c1-21-33(35)42-18-4-5-29(34(42)40-21)47-20-26-27(36)11-12-28(32(26)37)41(3)31(46)19-39-30(45)13-8-23-6-9-24(10-7-23)43(22(2)44)25-14-16-38-17-15-25/h4-18H,19-20H2,1-3H3,(H,39,45). The molecule has 0 saturated carbocycles. The molecule has 5 aromatic rings. The van der Waals surface area contributed by atoms with Crippen LogP contribution in [0.1, 0.15) is 23.7 Å². The van der Waals surface area contributed by atoms with Gasteiger partial charge in [-0.25, -0.2) is 4.98 Å². The molecule has 0 aliphatic carbocycles. The summed E-state index contributed by atoms with van der Waals surface area (Å²) in [5.74, 6) is -0.456. The zero-order chi connectivity index (χ0) is 33.7. The maximum Gasteiger partial charge on any atom is 0.246 e. The van der Waals surface area contributed by atoms with Gasteiger partial charge in [0.15, 0.2) is 11.4 Å². The van der Waals surface area contributed by atoms with Crippen molar-refractivity contribution < 1.29 is 19.1 Å². The summed E-state index contributed by atoms with van der Waals surface area (Å²) in [4.78, 5) is 49.3. The van der Waals surface area contributed by atoms with Crippen LogP contribution in [0.25, 0.3) is 11.7 Å². The average molecular weight is 736 g/mol. The number of benzene rings is 2. The van der Waals surface area contributed by atoms with Crippen LogP contribution in [0.2, 0.25) is 10.0 Å². The first kappa shape index (κ1) is 33.6. The molecule has 3 amide bonds. The number of halogens is 3. The lowest BCUT2D eigenvalue weighted by Gasteiger charge is -2.21. The van der Waals surface area contributed by atoms with Crippen LogP contribution in [0.4, 0.5) is 17.1 Å². The highest BCUT2D eigenvalue weighted by molar-refractivity contribution is 9.10. The van der Waals surface area contributed by atoms with E-state index in [1.807, 2.05) is 23.6 Å². The van der Waals surface area contributed by atoms with Gasteiger partial charge in [0, 0.05) is 54.9 Å². The van der Waals surface area contributed by atoms with E-state index in [4.69, 9.17) is 27.9 Å². The number of amides is 3. The zero-order valence-electron chi connectivity index (χ0n) is 25.6. The molecule has 240 valence electrons. The quantitative estimate of drug-likeness (QED) is 0.153. The second-order valence-electron chi connectivity index (χ2n) is 10.4. The second kappa shape index (κ2) is 14.8. The lowest BCUT2D eigenvalue weighted by atomic mass is 10.1. The monoisotopic (exact) mass is 734 g/mol. The van der Waals surface area contributed by atoms with Crippen molar-refractivity contribution in [3.63, 3.8) is 0 Å². The first-order valence-electron chi connectivity index (χ1n) is 14.3. The topological polar surface area (TPSA) is 109 Å². The molecular formula is C34H29BrCl2N6O4. The number of nitrogens with one attached hydrogen (secondary N) is 1. The minimum Gasteiger partial charge on any atom is -0.485 e. The fourth-order valence-corrected chi connectivity index (χ4v) is 5.73. The lowest BCUT2D eigenvalue weighted by molar-refractivity contribution is -0.122. The molecule has 0 radical (unpaired) electrons. The maximum atomic E-state index is 13.0. The predicted molar refractivity (Wildman–Crippen MR) is 187 cm³/mol. The van der Waals surface area contributed by atoms with Gasteiger partial charge in [0.2, 0.25) is 17.7 Å². The SMILES string of the molecule is CC(=O)N(c1ccncc1)c1ccc(C=CC(=O)NCC(=O)N(C)c2ccc(Cl)c(COc3cccn4c(Br)c(C)nc34)c2Cl)cc1. The summed E-state index contributed by atoms with van der Waals surface area (Å²) in [5.41, 5.74) is 4.47. The highest BCUT2D eigenvalue weighted by atomic mass is 79.9. The summed E-state index contributed by atoms with van der Waals surface area (Å²) >= 11 is 16.7. The van der Waals surface area contributed by atoms with E-state index >= 15 is 0 Å². The molecule has 0 atom stereocenters. The number of likely N-dealkylation sites (N-methyl/N-ethyl adjacent to an activating group) is 1. The number of aromatic nitrogens is 3. The summed E-state index contributed by atoms with van der Waals surface area (Å²) in [6.07, 6.45) is 8.05. The van der Waals surface area contributed by atoms with Crippen LogP contribution in [-0.2, 0) is 21.0 Å². The second-order valence-corrected chi connectivity index (χ2v) is 11.9. The third-order valence-corrected chi connectivity index (χ3v) is 8.95. The van der Waals surface area contributed by atoms with Gasteiger partial charge >= 0.3 is 0 Å². The van der Waals surface area contributed by atoms with E-state index in [-0.39, 0.29) is 24.1 Å². The number of anilines is 3. The molecule has 3 aromatic heterocycles. The van der Waals surface area contributed by atoms with Gasteiger partial charge in [0.25, 0.3) is 0 Å². The number of hydrogen-bond acceptors (Lipinski definition) is 6. The van der Waals surface area contributed by atoms with E-state index in [1.54, 1.807) is 85.0 Å². The Labute approximate surface area is 289 Å². The van der Waals surface area contributed by atoms with E-state index in [1.165, 1.54) is 17.9 Å². The van der Waals surface area contributed by atoms with E-state index in [2.05, 4.69) is 31.2 Å². The number of carbonyl (C=O) groups excluding carboxylic acids is 3. The molecule has 0 aliphatic rings. The number of imidazole rings is 1. The first-order chi connectivity index (χ1) is 22.5. The Hall–Kier alpha value is -4.71. The van der Waals surface area contributed by atoms with E-state index in [0.717, 1.165) is 15.9 Å². The fourth-order valence-electron chi connectivity index (χ4n) is 4.75. The van der Waals surface area contributed by atoms with Gasteiger partial charge in [0.05, 0.1) is 28.6 Å². The summed E-state index contributed by atoms with van der Waals surface area (Å²) in [6.45, 7) is 3.14. The smallest absolute Gasteiger partial charge is 0.246 e. The van der Waals surface area contributed by atoms with Gasteiger partial charge < -0.3 is 15.0 Å². The molecule has 1 N–H and O–H groups in total. The Kier molecular flexibility index (Phi) is 10.6. The predicted octanol–water partition coefficient (Wildman–Crippen LogP) is 7.16. The maximum absolute atomic E-state index is 13.0. The number of ether oxygens (including phenoxy) is 1. The molecule has 0 unspecified atom stereocenters. The molecule has 3 heterocycles. The van der Waals surface area contributed by atoms with Crippen LogP contribution >= 0.6 is 39.1 Å². The summed E-state index contributed by atoms with van der Waals surface area (Å²) in [7, 11) is 1.56. The van der Waals surface area contributed by atoms with Crippen molar-refractivity contribution in [3.05, 3.63) is 117 Å². The van der Waals surface area contributed by atoms with Gasteiger partial charge in [-0.15, -0.1) is 0 Å². The van der Waals surface area contributed by atoms with Gasteiger partial charge in [-0.1, -0.05) is 35.3 Å². The van der Waals surface area contributed by atoms with E-state index in [0.29, 0.717) is 39.0 Å². The summed E-state index contributed by atoms with van der Waals surface area (Å²) in [5, 5.41) is 3.23. The Morgan fingerprint density at radius 1 is 1.02 bits per heavy atom. The molecule has 47 heavy (non-hydrogen) atoms. The third-order valence-electron chi connectivity index (χ3n) is 7.22. The van der Waals surface area contributed by atoms with Crippen LogP contribution < -0.4 is 19.9 Å². The van der Waals surface area contributed by atoms with E-state index < -0.39 is 11.8 Å². The minimum absolute atomic E-state index is 0.0375. The molecule has 0 aliphatic heterocycles. The number of aryl methyl sites for hydroxylation is 1. The molecule has 0 saturated heterocycles. The van der Waals surface area contributed by atoms with Crippen molar-refractivity contribution in [3.8, 4) is 5.75 Å². The first-order valence-corrected chi connectivity index (χ1v) is 15.9. The Bertz CT molecular complexity index is 1980. The summed E-state index contributed by atoms with van der Waals surface area (Å²) < 4.78 is 8.75. The zero-order valence-corrected chi connectivity index (χ0v) is 28.7. The van der Waals surface area contributed by atoms with Gasteiger partial charge in [-0.3, -0.25) is 28.7 Å². The van der Waals surface area contributed by atoms with Crippen molar-refractivity contribution in [2.45, 2.75) is 20.5 Å². The van der Waals surface area contributed by atoms with Crippen LogP contribution in [0.15, 0.2) is 89.9 Å². The van der Waals surface area contributed by atoms with E-state index in [9.17, 15) is 14.4 Å². The minimum atomic E-state index is -0.454. The fraction of sp³-hybridized carbons (Fsp3) is 0.147. The third kappa shape index (κ3) is 7.65. The normalized spacial score (nSPS) is 11.1. The number of hydrogen-bond donors (Lipinski definition) is 1. The van der Waals surface area contributed by atoms with Gasteiger partial charge in [0.1, 0.15) is 11.2 Å². The molecular weight excluding hydrogens is 707 g/mol. The number of carbonyl (C=O) groups is 3. The Morgan fingerprint density at radius 3 is 2.43 bits per heavy atom. The van der Waals surface area contributed by atoms with Gasteiger partial charge in [-0.05, 0) is 83.0 Å². The van der Waals surface area contributed by atoms with Crippen LogP contribution in [0.3, 0.4) is 0 Å². The molecule has 5 rings (SSSR count). The molecule has 10 nitrogen and oxygen atoms in total. The highest BCUT2D eigenvalue weighted by Crippen LogP contribution is 2.35. The van der Waals surface area contributed by atoms with Crippen LogP contribution in [0, 0.1) is 6.92 Å². The Morgan fingerprint density at radius 2 is 1.72 bits per heavy atom. The van der Waals surface area contributed by atoms with Crippen molar-refractivity contribution in [2.75, 3.05) is 23.4 Å². The Balaban J connectivity index is 1.19. The van der Waals surface area contributed by atoms with Crippen molar-refractivity contribution >= 4 is 85.6 Å². The molecule has 0 spiro atoms. The number of nitrogens with zero attached hydrogens (tertiary/aromatic N) is 5. The molecule has 2 aromatic carbocycles. The van der Waals surface area contributed by atoms with Crippen molar-refractivity contribution in [2.24, 2.45) is 0 Å².